The van der Waals surface area contributed by atoms with Crippen molar-refractivity contribution in [1.29, 1.82) is 0 Å². The summed E-state index contributed by atoms with van der Waals surface area (Å²) in [6.07, 6.45) is 1.54. The predicted molar refractivity (Wildman–Crippen MR) is 110 cm³/mol. The number of fused-ring (bicyclic) bond motifs is 1. The van der Waals surface area contributed by atoms with Crippen molar-refractivity contribution in [3.8, 4) is 17.2 Å². The molecule has 0 amide bonds. The number of hydrogen-bond acceptors (Lipinski definition) is 7. The number of non-ortho nitro benzene ring substituents is 1. The van der Waals surface area contributed by atoms with Crippen LogP contribution in [0.1, 0.15) is 26.3 Å². The van der Waals surface area contributed by atoms with Crippen LogP contribution in [0.15, 0.2) is 72.5 Å². The smallest absolute Gasteiger partial charge is 0.343 e. The number of Topliss-reactive ketones (excluding diaryl/α,β-unsaturated/α-hetero) is 1. The van der Waals surface area contributed by atoms with Crippen LogP contribution in [0.2, 0.25) is 0 Å². The van der Waals surface area contributed by atoms with E-state index in [1.165, 1.54) is 25.3 Å². The summed E-state index contributed by atoms with van der Waals surface area (Å²) >= 11 is 0. The highest BCUT2D eigenvalue weighted by Gasteiger charge is 2.27. The Labute approximate surface area is 176 Å². The minimum Gasteiger partial charge on any atom is -0.497 e. The van der Waals surface area contributed by atoms with E-state index in [9.17, 15) is 19.7 Å². The molecule has 0 atom stereocenters. The van der Waals surface area contributed by atoms with Gasteiger partial charge in [0.05, 0.1) is 23.2 Å². The first-order chi connectivity index (χ1) is 14.9. The summed E-state index contributed by atoms with van der Waals surface area (Å²) in [5, 5.41) is 10.9. The summed E-state index contributed by atoms with van der Waals surface area (Å²) in [5.41, 5.74) is 0.852. The van der Waals surface area contributed by atoms with E-state index >= 15 is 0 Å². The number of allylic oxidation sites excluding steroid dienone is 1. The maximum absolute atomic E-state index is 12.6. The SMILES string of the molecule is COc1ccc2c(c1)O/C(=C\c1cccc(OC(=O)c3cccc([N+](=O)[O-])c3)c1)C2=O. The molecule has 0 aromatic heterocycles. The molecular weight excluding hydrogens is 402 g/mol. The van der Waals surface area contributed by atoms with Crippen molar-refractivity contribution in [2.45, 2.75) is 0 Å². The molecule has 8 nitrogen and oxygen atoms in total. The van der Waals surface area contributed by atoms with Crippen LogP contribution in [0.4, 0.5) is 5.69 Å². The summed E-state index contributed by atoms with van der Waals surface area (Å²) in [5.74, 6) is 0.324. The van der Waals surface area contributed by atoms with Gasteiger partial charge in [-0.15, -0.1) is 0 Å². The largest absolute Gasteiger partial charge is 0.497 e. The first kappa shape index (κ1) is 19.8. The maximum Gasteiger partial charge on any atom is 0.343 e. The number of carbonyl (C=O) groups excluding carboxylic acids is 2. The third-order valence-corrected chi connectivity index (χ3v) is 4.54. The molecule has 0 saturated heterocycles. The van der Waals surface area contributed by atoms with Gasteiger partial charge in [-0.3, -0.25) is 14.9 Å². The molecule has 0 bridgehead atoms. The molecule has 0 N–H and O–H groups in total. The molecule has 3 aromatic rings. The van der Waals surface area contributed by atoms with Crippen LogP contribution in [-0.2, 0) is 0 Å². The Balaban J connectivity index is 1.54. The van der Waals surface area contributed by atoms with Crippen molar-refractivity contribution < 1.29 is 28.7 Å². The summed E-state index contributed by atoms with van der Waals surface area (Å²) in [4.78, 5) is 35.2. The molecule has 1 heterocycles. The number of carbonyl (C=O) groups is 2. The van der Waals surface area contributed by atoms with Crippen LogP contribution in [-0.4, -0.2) is 23.8 Å². The molecule has 1 aliphatic heterocycles. The average Bonchev–Trinajstić information content (AvgIpc) is 3.08. The first-order valence-corrected chi connectivity index (χ1v) is 9.13. The van der Waals surface area contributed by atoms with Crippen LogP contribution < -0.4 is 14.2 Å². The van der Waals surface area contributed by atoms with Crippen LogP contribution in [0.3, 0.4) is 0 Å². The zero-order valence-electron chi connectivity index (χ0n) is 16.2. The Hall–Kier alpha value is -4.46. The van der Waals surface area contributed by atoms with E-state index in [0.29, 0.717) is 22.6 Å². The first-order valence-electron chi connectivity index (χ1n) is 9.13. The van der Waals surface area contributed by atoms with Crippen molar-refractivity contribution in [2.75, 3.05) is 7.11 Å². The number of ether oxygens (including phenoxy) is 3. The topological polar surface area (TPSA) is 105 Å². The summed E-state index contributed by atoms with van der Waals surface area (Å²) < 4.78 is 16.1. The fraction of sp³-hybridized carbons (Fsp3) is 0.0435. The molecule has 0 fully saturated rings. The van der Waals surface area contributed by atoms with Crippen LogP contribution >= 0.6 is 0 Å². The minimum absolute atomic E-state index is 0.0525. The molecule has 154 valence electrons. The van der Waals surface area contributed by atoms with E-state index in [0.717, 1.165) is 6.07 Å². The number of hydrogen-bond donors (Lipinski definition) is 0. The van der Waals surface area contributed by atoms with E-state index in [1.54, 1.807) is 48.5 Å². The Morgan fingerprint density at radius 2 is 1.84 bits per heavy atom. The lowest BCUT2D eigenvalue weighted by molar-refractivity contribution is -0.384. The Morgan fingerprint density at radius 3 is 2.61 bits per heavy atom. The van der Waals surface area contributed by atoms with Gasteiger partial charge in [0, 0.05) is 18.2 Å². The van der Waals surface area contributed by atoms with Gasteiger partial charge in [-0.25, -0.2) is 4.79 Å². The highest BCUT2D eigenvalue weighted by atomic mass is 16.6. The van der Waals surface area contributed by atoms with Gasteiger partial charge >= 0.3 is 5.97 Å². The highest BCUT2D eigenvalue weighted by molar-refractivity contribution is 6.14. The number of benzene rings is 3. The van der Waals surface area contributed by atoms with Crippen LogP contribution in [0.25, 0.3) is 6.08 Å². The normalized spacial score (nSPS) is 13.5. The Bertz CT molecular complexity index is 1250. The van der Waals surface area contributed by atoms with Crippen molar-refractivity contribution in [3.63, 3.8) is 0 Å². The molecule has 1 aliphatic rings. The van der Waals surface area contributed by atoms with Gasteiger partial charge in [-0.2, -0.15) is 0 Å². The van der Waals surface area contributed by atoms with E-state index in [1.807, 2.05) is 0 Å². The number of nitrogens with zero attached hydrogens (tertiary/aromatic N) is 1. The quantitative estimate of drug-likeness (QED) is 0.199. The predicted octanol–water partition coefficient (Wildman–Crippen LogP) is 4.44. The number of nitro groups is 1. The number of methoxy groups -OCH3 is 1. The molecule has 31 heavy (non-hydrogen) atoms. The van der Waals surface area contributed by atoms with Crippen molar-refractivity contribution in [2.24, 2.45) is 0 Å². The molecular formula is C23H15NO7. The fourth-order valence-electron chi connectivity index (χ4n) is 3.03. The van der Waals surface area contributed by atoms with Gasteiger partial charge < -0.3 is 14.2 Å². The minimum atomic E-state index is -0.735. The molecule has 0 spiro atoms. The number of esters is 1. The summed E-state index contributed by atoms with van der Waals surface area (Å²) in [6.45, 7) is 0. The van der Waals surface area contributed by atoms with Crippen LogP contribution in [0.5, 0.6) is 17.2 Å². The monoisotopic (exact) mass is 417 g/mol. The lowest BCUT2D eigenvalue weighted by atomic mass is 10.1. The van der Waals surface area contributed by atoms with Gasteiger partial charge in [0.2, 0.25) is 5.78 Å². The zero-order valence-corrected chi connectivity index (χ0v) is 16.2. The number of ketones is 1. The van der Waals surface area contributed by atoms with Crippen LogP contribution in [0, 0.1) is 10.1 Å². The standard InChI is InChI=1S/C23H15NO7/c1-29-17-8-9-19-20(13-17)31-21(22(19)25)11-14-4-2-7-18(10-14)30-23(26)15-5-3-6-16(12-15)24(27)28/h2-13H,1H3/b21-11-. The van der Waals surface area contributed by atoms with Gasteiger partial charge in [0.15, 0.2) is 5.76 Å². The fourth-order valence-corrected chi connectivity index (χ4v) is 3.03. The Morgan fingerprint density at radius 1 is 1.03 bits per heavy atom. The van der Waals surface area contributed by atoms with Crippen molar-refractivity contribution >= 4 is 23.5 Å². The molecule has 0 aliphatic carbocycles. The second-order valence-electron chi connectivity index (χ2n) is 6.57. The third kappa shape index (κ3) is 4.13. The van der Waals surface area contributed by atoms with Gasteiger partial charge in [0.1, 0.15) is 17.2 Å². The summed E-state index contributed by atoms with van der Waals surface area (Å²) in [6, 6.07) is 16.7. The van der Waals surface area contributed by atoms with Crippen molar-refractivity contribution in [1.82, 2.24) is 0 Å². The van der Waals surface area contributed by atoms with Gasteiger partial charge in [-0.1, -0.05) is 18.2 Å². The van der Waals surface area contributed by atoms with E-state index < -0.39 is 10.9 Å². The van der Waals surface area contributed by atoms with Crippen molar-refractivity contribution in [3.05, 3.63) is 99.3 Å². The molecule has 4 rings (SSSR count). The Kier molecular flexibility index (Phi) is 5.19. The lowest BCUT2D eigenvalue weighted by Gasteiger charge is -2.06. The molecule has 8 heteroatoms. The second kappa shape index (κ2) is 8.11. The van der Waals surface area contributed by atoms with Gasteiger partial charge in [0.25, 0.3) is 5.69 Å². The molecule has 0 saturated carbocycles. The van der Waals surface area contributed by atoms with E-state index in [4.69, 9.17) is 14.2 Å². The number of nitro benzene ring substituents is 1. The van der Waals surface area contributed by atoms with E-state index in [-0.39, 0.29) is 28.5 Å². The zero-order chi connectivity index (χ0) is 22.0. The molecule has 0 radical (unpaired) electrons. The number of rotatable bonds is 5. The average molecular weight is 417 g/mol. The second-order valence-corrected chi connectivity index (χ2v) is 6.57. The third-order valence-electron chi connectivity index (χ3n) is 4.54. The van der Waals surface area contributed by atoms with Gasteiger partial charge in [-0.05, 0) is 42.0 Å². The summed E-state index contributed by atoms with van der Waals surface area (Å²) in [7, 11) is 1.52. The highest BCUT2D eigenvalue weighted by Crippen LogP contribution is 2.35. The lowest BCUT2D eigenvalue weighted by Crippen LogP contribution is -2.08. The molecule has 0 unspecified atom stereocenters. The molecule has 3 aromatic carbocycles. The van der Waals surface area contributed by atoms with E-state index in [2.05, 4.69) is 0 Å². The maximum atomic E-state index is 12.6.